The number of pyridine rings is 1. The molecule has 4 rings (SSSR count). The number of methoxy groups -OCH3 is 2. The number of nitrogens with zero attached hydrogens (tertiary/aromatic N) is 2. The molecular weight excluding hydrogens is 378 g/mol. The van der Waals surface area contributed by atoms with Gasteiger partial charge in [-0.25, -0.2) is 4.79 Å². The third kappa shape index (κ3) is 3.18. The van der Waals surface area contributed by atoms with Gasteiger partial charge in [-0.15, -0.1) is 11.3 Å². The molecule has 28 heavy (non-hydrogen) atoms. The van der Waals surface area contributed by atoms with Crippen LogP contribution < -0.4 is 10.3 Å². The van der Waals surface area contributed by atoms with Crippen molar-refractivity contribution in [1.82, 2.24) is 14.8 Å². The number of aromatic nitrogens is 3. The van der Waals surface area contributed by atoms with E-state index in [1.807, 2.05) is 30.3 Å². The molecule has 0 aliphatic heterocycles. The van der Waals surface area contributed by atoms with Gasteiger partial charge in [0.05, 0.1) is 31.7 Å². The van der Waals surface area contributed by atoms with E-state index in [-0.39, 0.29) is 5.56 Å². The predicted molar refractivity (Wildman–Crippen MR) is 107 cm³/mol. The summed E-state index contributed by atoms with van der Waals surface area (Å²) in [5.41, 5.74) is 2.77. The van der Waals surface area contributed by atoms with Gasteiger partial charge >= 0.3 is 5.97 Å². The Morgan fingerprint density at radius 2 is 2.00 bits per heavy atom. The van der Waals surface area contributed by atoms with Crippen LogP contribution in [0.25, 0.3) is 22.2 Å². The highest BCUT2D eigenvalue weighted by molar-refractivity contribution is 7.12. The number of carbonyl (C=O) groups is 1. The van der Waals surface area contributed by atoms with E-state index in [2.05, 4.69) is 10.1 Å². The van der Waals surface area contributed by atoms with Crippen LogP contribution in [0, 0.1) is 0 Å². The summed E-state index contributed by atoms with van der Waals surface area (Å²) in [5.74, 6) is 0.368. The third-order valence-corrected chi connectivity index (χ3v) is 5.34. The van der Waals surface area contributed by atoms with Crippen LogP contribution in [0.1, 0.15) is 15.2 Å². The van der Waals surface area contributed by atoms with Crippen LogP contribution in [0.15, 0.2) is 52.8 Å². The SMILES string of the molecule is COC(=O)c1cc(-c2nn(Cc3ccc(OC)cc3)c3cc[nH]c(=O)c23)cs1. The van der Waals surface area contributed by atoms with Crippen molar-refractivity contribution in [2.75, 3.05) is 14.2 Å². The lowest BCUT2D eigenvalue weighted by atomic mass is 10.1. The van der Waals surface area contributed by atoms with Crippen molar-refractivity contribution in [1.29, 1.82) is 0 Å². The molecule has 1 aromatic carbocycles. The second-order valence-electron chi connectivity index (χ2n) is 6.11. The number of carbonyl (C=O) groups excluding carboxylic acids is 1. The van der Waals surface area contributed by atoms with Crippen molar-refractivity contribution < 1.29 is 14.3 Å². The number of H-pyrrole nitrogens is 1. The standard InChI is InChI=1S/C20H17N3O4S/c1-26-14-5-3-12(4-6-14)10-23-15-7-8-21-19(24)17(15)18(22-23)13-9-16(28-11-13)20(25)27-2/h3-9,11H,10H2,1-2H3,(H,21,24). The maximum Gasteiger partial charge on any atom is 0.348 e. The van der Waals surface area contributed by atoms with Crippen molar-refractivity contribution in [3.63, 3.8) is 0 Å². The summed E-state index contributed by atoms with van der Waals surface area (Å²) in [6.07, 6.45) is 1.61. The molecule has 8 heteroatoms. The lowest BCUT2D eigenvalue weighted by Gasteiger charge is -2.05. The molecule has 3 heterocycles. The van der Waals surface area contributed by atoms with Crippen molar-refractivity contribution in [2.24, 2.45) is 0 Å². The van der Waals surface area contributed by atoms with Crippen molar-refractivity contribution in [2.45, 2.75) is 6.54 Å². The number of hydrogen-bond acceptors (Lipinski definition) is 6. The fourth-order valence-corrected chi connectivity index (χ4v) is 3.84. The normalized spacial score (nSPS) is 10.9. The predicted octanol–water partition coefficient (Wildman–Crippen LogP) is 3.30. The lowest BCUT2D eigenvalue weighted by Crippen LogP contribution is -2.06. The smallest absolute Gasteiger partial charge is 0.348 e. The van der Waals surface area contributed by atoms with Crippen LogP contribution in [-0.4, -0.2) is 35.0 Å². The van der Waals surface area contributed by atoms with E-state index < -0.39 is 5.97 Å². The van der Waals surface area contributed by atoms with E-state index in [9.17, 15) is 9.59 Å². The minimum Gasteiger partial charge on any atom is -0.497 e. The van der Waals surface area contributed by atoms with Gasteiger partial charge in [0.2, 0.25) is 0 Å². The molecular formula is C20H17N3O4S. The number of hydrogen-bond donors (Lipinski definition) is 1. The number of aromatic amines is 1. The number of esters is 1. The van der Waals surface area contributed by atoms with Gasteiger partial charge in [0.25, 0.3) is 5.56 Å². The summed E-state index contributed by atoms with van der Waals surface area (Å²) in [5, 5.41) is 6.97. The molecule has 0 radical (unpaired) electrons. The summed E-state index contributed by atoms with van der Waals surface area (Å²) in [6, 6.07) is 11.2. The van der Waals surface area contributed by atoms with E-state index in [0.717, 1.165) is 16.8 Å². The monoisotopic (exact) mass is 395 g/mol. The van der Waals surface area contributed by atoms with Crippen LogP contribution >= 0.6 is 11.3 Å². The topological polar surface area (TPSA) is 86.2 Å². The van der Waals surface area contributed by atoms with Gasteiger partial charge < -0.3 is 14.5 Å². The van der Waals surface area contributed by atoms with Crippen molar-refractivity contribution in [3.05, 3.63) is 68.8 Å². The zero-order valence-electron chi connectivity index (χ0n) is 15.3. The highest BCUT2D eigenvalue weighted by Crippen LogP contribution is 2.30. The molecule has 0 unspecified atom stereocenters. The van der Waals surface area contributed by atoms with Crippen molar-refractivity contribution in [3.8, 4) is 17.0 Å². The van der Waals surface area contributed by atoms with E-state index in [4.69, 9.17) is 9.47 Å². The molecule has 0 aliphatic rings. The molecule has 4 aromatic rings. The second-order valence-corrected chi connectivity index (χ2v) is 7.02. The third-order valence-electron chi connectivity index (χ3n) is 4.43. The quantitative estimate of drug-likeness (QED) is 0.524. The van der Waals surface area contributed by atoms with Gasteiger partial charge in [-0.2, -0.15) is 5.10 Å². The van der Waals surface area contributed by atoms with Crippen LogP contribution in [0.4, 0.5) is 0 Å². The molecule has 0 atom stereocenters. The molecule has 1 N–H and O–H groups in total. The Morgan fingerprint density at radius 1 is 1.21 bits per heavy atom. The number of thiophene rings is 1. The van der Waals surface area contributed by atoms with Crippen molar-refractivity contribution >= 4 is 28.2 Å². The highest BCUT2D eigenvalue weighted by Gasteiger charge is 2.18. The van der Waals surface area contributed by atoms with Gasteiger partial charge in [-0.3, -0.25) is 9.48 Å². The Kier molecular flexibility index (Phi) is 4.70. The minimum absolute atomic E-state index is 0.223. The first-order chi connectivity index (χ1) is 13.6. The number of ether oxygens (including phenoxy) is 2. The fraction of sp³-hybridized carbons (Fsp3) is 0.150. The van der Waals surface area contributed by atoms with Gasteiger partial charge in [0.15, 0.2) is 0 Å². The highest BCUT2D eigenvalue weighted by atomic mass is 32.1. The largest absolute Gasteiger partial charge is 0.497 e. The molecule has 0 fully saturated rings. The van der Waals surface area contributed by atoms with E-state index in [1.165, 1.54) is 18.4 Å². The maximum absolute atomic E-state index is 12.5. The van der Waals surface area contributed by atoms with E-state index in [1.54, 1.807) is 29.4 Å². The van der Waals surface area contributed by atoms with Crippen LogP contribution in [0.2, 0.25) is 0 Å². The molecule has 0 spiro atoms. The Balaban J connectivity index is 1.80. The first-order valence-corrected chi connectivity index (χ1v) is 9.37. The Labute approximate surface area is 164 Å². The average Bonchev–Trinajstić information content (AvgIpc) is 3.34. The summed E-state index contributed by atoms with van der Waals surface area (Å²) < 4.78 is 11.8. The Hall–Kier alpha value is -3.39. The molecule has 0 aliphatic carbocycles. The zero-order chi connectivity index (χ0) is 19.7. The minimum atomic E-state index is -0.410. The van der Waals surface area contributed by atoms with Crippen LogP contribution in [0.5, 0.6) is 5.75 Å². The number of fused-ring (bicyclic) bond motifs is 1. The van der Waals surface area contributed by atoms with Crippen LogP contribution in [-0.2, 0) is 11.3 Å². The molecule has 0 saturated heterocycles. The van der Waals surface area contributed by atoms with E-state index >= 15 is 0 Å². The summed E-state index contributed by atoms with van der Waals surface area (Å²) >= 11 is 1.26. The molecule has 142 valence electrons. The molecule has 3 aromatic heterocycles. The maximum atomic E-state index is 12.5. The van der Waals surface area contributed by atoms with Crippen LogP contribution in [0.3, 0.4) is 0 Å². The Bertz CT molecular complexity index is 1200. The van der Waals surface area contributed by atoms with Gasteiger partial charge in [-0.1, -0.05) is 12.1 Å². The van der Waals surface area contributed by atoms with Gasteiger partial charge in [-0.05, 0) is 29.8 Å². The zero-order valence-corrected chi connectivity index (χ0v) is 16.1. The summed E-state index contributed by atoms with van der Waals surface area (Å²) in [7, 11) is 2.96. The number of nitrogens with one attached hydrogen (secondary N) is 1. The molecule has 0 saturated carbocycles. The first-order valence-electron chi connectivity index (χ1n) is 8.49. The number of benzene rings is 1. The summed E-state index contributed by atoms with van der Waals surface area (Å²) in [6.45, 7) is 0.498. The van der Waals surface area contributed by atoms with E-state index in [0.29, 0.717) is 28.1 Å². The second kappa shape index (κ2) is 7.32. The Morgan fingerprint density at radius 3 is 2.71 bits per heavy atom. The van der Waals surface area contributed by atoms with Gasteiger partial charge in [0.1, 0.15) is 16.3 Å². The summed E-state index contributed by atoms with van der Waals surface area (Å²) in [4.78, 5) is 27.4. The van der Waals surface area contributed by atoms with Gasteiger partial charge in [0, 0.05) is 17.1 Å². The molecule has 0 amide bonds. The molecule has 0 bridgehead atoms. The fourth-order valence-electron chi connectivity index (χ4n) is 3.03. The average molecular weight is 395 g/mol. The molecule has 7 nitrogen and oxygen atoms in total. The number of rotatable bonds is 5. The lowest BCUT2D eigenvalue weighted by molar-refractivity contribution is 0.0606. The first kappa shape index (κ1) is 18.0.